The predicted octanol–water partition coefficient (Wildman–Crippen LogP) is 4.08. The second-order valence-electron chi connectivity index (χ2n) is 3.01. The molecule has 2 aliphatic carbocycles. The Labute approximate surface area is 98.2 Å². The zero-order valence-electron chi connectivity index (χ0n) is 8.20. The smallest absolute Gasteiger partial charge is 0.0737 e. The van der Waals surface area contributed by atoms with Crippen LogP contribution in [0.4, 0.5) is 0 Å². The van der Waals surface area contributed by atoms with Crippen molar-refractivity contribution in [3.63, 3.8) is 0 Å². The van der Waals surface area contributed by atoms with Crippen molar-refractivity contribution in [1.82, 2.24) is 0 Å². The van der Waals surface area contributed by atoms with Crippen LogP contribution in [-0.4, -0.2) is 6.10 Å². The summed E-state index contributed by atoms with van der Waals surface area (Å²) in [5.74, 6) is 2.11. The SMILES string of the molecule is C#C.CC.ISOC1CC2CC2C1. The van der Waals surface area contributed by atoms with E-state index < -0.39 is 0 Å². The number of hydrogen-bond acceptors (Lipinski definition) is 2. The van der Waals surface area contributed by atoms with Gasteiger partial charge < -0.3 is 4.18 Å². The van der Waals surface area contributed by atoms with Gasteiger partial charge in [0.2, 0.25) is 0 Å². The number of halogens is 1. The molecule has 0 aromatic rings. The van der Waals surface area contributed by atoms with Gasteiger partial charge in [0.05, 0.1) is 15.3 Å². The van der Waals surface area contributed by atoms with Crippen LogP contribution < -0.4 is 0 Å². The summed E-state index contributed by atoms with van der Waals surface area (Å²) < 4.78 is 5.41. The van der Waals surface area contributed by atoms with Crippen LogP contribution in [-0.2, 0) is 4.18 Å². The van der Waals surface area contributed by atoms with Crippen molar-refractivity contribution in [3.05, 3.63) is 0 Å². The van der Waals surface area contributed by atoms with Gasteiger partial charge in [-0.15, -0.1) is 12.8 Å². The zero-order valence-corrected chi connectivity index (χ0v) is 11.2. The molecule has 0 amide bonds. The predicted molar refractivity (Wildman–Crippen MR) is 68.6 cm³/mol. The first kappa shape index (κ1) is 13.6. The quantitative estimate of drug-likeness (QED) is 0.432. The molecule has 2 rings (SSSR count). The van der Waals surface area contributed by atoms with Gasteiger partial charge in [-0.25, -0.2) is 0 Å². The zero-order chi connectivity index (χ0) is 10.3. The number of rotatable bonds is 2. The summed E-state index contributed by atoms with van der Waals surface area (Å²) in [6.45, 7) is 4.00. The van der Waals surface area contributed by atoms with Crippen molar-refractivity contribution in [2.45, 2.75) is 39.2 Å². The van der Waals surface area contributed by atoms with Crippen LogP contribution in [0, 0.1) is 24.7 Å². The van der Waals surface area contributed by atoms with Gasteiger partial charge in [-0.2, -0.15) is 0 Å². The molecule has 0 aromatic heterocycles. The molecule has 13 heavy (non-hydrogen) atoms. The van der Waals surface area contributed by atoms with Crippen LogP contribution >= 0.6 is 30.4 Å². The lowest BCUT2D eigenvalue weighted by Crippen LogP contribution is -2.03. The molecule has 0 spiro atoms. The third-order valence-corrected chi connectivity index (χ3v) is 3.34. The molecular formula is C10H17IOS. The topological polar surface area (TPSA) is 9.23 Å². The second kappa shape index (κ2) is 7.95. The minimum absolute atomic E-state index is 0.593. The van der Waals surface area contributed by atoms with E-state index in [0.717, 1.165) is 11.8 Å². The van der Waals surface area contributed by atoms with E-state index in [1.54, 1.807) is 0 Å². The Bertz CT molecular complexity index is 139. The summed E-state index contributed by atoms with van der Waals surface area (Å²) in [6.07, 6.45) is 12.8. The second-order valence-corrected chi connectivity index (χ2v) is 4.41. The van der Waals surface area contributed by atoms with E-state index in [9.17, 15) is 0 Å². The van der Waals surface area contributed by atoms with Crippen molar-refractivity contribution in [3.8, 4) is 12.8 Å². The molecule has 1 nitrogen and oxygen atoms in total. The van der Waals surface area contributed by atoms with E-state index in [2.05, 4.69) is 34.1 Å². The molecule has 0 radical (unpaired) electrons. The van der Waals surface area contributed by atoms with Crippen molar-refractivity contribution in [1.29, 1.82) is 0 Å². The van der Waals surface area contributed by atoms with Gasteiger partial charge in [-0.05, 0) is 31.1 Å². The fraction of sp³-hybridized carbons (Fsp3) is 0.800. The van der Waals surface area contributed by atoms with E-state index in [0.29, 0.717) is 6.10 Å². The van der Waals surface area contributed by atoms with Crippen molar-refractivity contribution >= 4 is 30.4 Å². The molecule has 3 heteroatoms. The highest BCUT2D eigenvalue weighted by Crippen LogP contribution is 2.53. The summed E-state index contributed by atoms with van der Waals surface area (Å²) >= 11 is 2.19. The first-order chi connectivity index (χ1) is 6.40. The van der Waals surface area contributed by atoms with Crippen LogP contribution in [0.3, 0.4) is 0 Å². The van der Waals surface area contributed by atoms with Crippen LogP contribution in [0.2, 0.25) is 0 Å². The van der Waals surface area contributed by atoms with Gasteiger partial charge in [0.15, 0.2) is 0 Å². The van der Waals surface area contributed by atoms with E-state index >= 15 is 0 Å². The molecule has 0 saturated heterocycles. The van der Waals surface area contributed by atoms with Crippen molar-refractivity contribution < 1.29 is 4.18 Å². The third kappa shape index (κ3) is 4.57. The molecule has 76 valence electrons. The van der Waals surface area contributed by atoms with Crippen molar-refractivity contribution in [2.24, 2.45) is 11.8 Å². The number of terminal acetylenes is 1. The number of fused-ring (bicyclic) bond motifs is 1. The molecule has 0 heterocycles. The highest BCUT2D eigenvalue weighted by molar-refractivity contribution is 14.2. The number of hydrogen-bond donors (Lipinski definition) is 0. The third-order valence-electron chi connectivity index (χ3n) is 2.37. The lowest BCUT2D eigenvalue weighted by atomic mass is 10.2. The summed E-state index contributed by atoms with van der Waals surface area (Å²) in [6, 6.07) is 0. The largest absolute Gasteiger partial charge is 0.302 e. The van der Waals surface area contributed by atoms with Gasteiger partial charge in [0.25, 0.3) is 0 Å². The lowest BCUT2D eigenvalue weighted by molar-refractivity contribution is 0.237. The van der Waals surface area contributed by atoms with Crippen LogP contribution in [0.5, 0.6) is 0 Å². The highest BCUT2D eigenvalue weighted by Gasteiger charge is 2.46. The van der Waals surface area contributed by atoms with E-state index in [1.807, 2.05) is 13.8 Å². The minimum Gasteiger partial charge on any atom is -0.302 e. The van der Waals surface area contributed by atoms with Gasteiger partial charge in [0, 0.05) is 21.2 Å². The average Bonchev–Trinajstić information content (AvgIpc) is 2.82. The molecule has 2 aliphatic rings. The molecule has 2 saturated carbocycles. The Hall–Kier alpha value is 0.600. The first-order valence-electron chi connectivity index (χ1n) is 4.67. The maximum absolute atomic E-state index is 5.41. The minimum atomic E-state index is 0.593. The summed E-state index contributed by atoms with van der Waals surface area (Å²) in [5, 5.41) is 0. The molecule has 2 fully saturated rings. The summed E-state index contributed by atoms with van der Waals surface area (Å²) in [7, 11) is 1.49. The van der Waals surface area contributed by atoms with Crippen LogP contribution in [0.25, 0.3) is 0 Å². The van der Waals surface area contributed by atoms with E-state index in [4.69, 9.17) is 4.18 Å². The molecular weight excluding hydrogens is 295 g/mol. The van der Waals surface area contributed by atoms with Crippen molar-refractivity contribution in [2.75, 3.05) is 0 Å². The highest BCUT2D eigenvalue weighted by atomic mass is 127. The van der Waals surface area contributed by atoms with Crippen LogP contribution in [0.15, 0.2) is 0 Å². The molecule has 2 unspecified atom stereocenters. The fourth-order valence-electron chi connectivity index (χ4n) is 1.79. The first-order valence-corrected chi connectivity index (χ1v) is 7.96. The van der Waals surface area contributed by atoms with Crippen LogP contribution in [0.1, 0.15) is 33.1 Å². The lowest BCUT2D eigenvalue weighted by Gasteiger charge is -2.07. The molecule has 2 atom stereocenters. The fourth-order valence-corrected chi connectivity index (χ4v) is 2.93. The molecule has 0 aliphatic heterocycles. The average molecular weight is 312 g/mol. The Morgan fingerprint density at radius 2 is 1.62 bits per heavy atom. The normalized spacial score (nSPS) is 33.2. The maximum atomic E-state index is 5.41. The molecule has 0 N–H and O–H groups in total. The van der Waals surface area contributed by atoms with E-state index in [1.165, 1.54) is 28.5 Å². The molecule has 0 aromatic carbocycles. The Balaban J connectivity index is 0.000000322. The van der Waals surface area contributed by atoms with Gasteiger partial charge in [-0.3, -0.25) is 0 Å². The Morgan fingerprint density at radius 1 is 1.15 bits per heavy atom. The van der Waals surface area contributed by atoms with Gasteiger partial charge >= 0.3 is 0 Å². The standard InChI is InChI=1S/C6H9IOS.C2H6.C2H2/c7-9-8-6-2-4-1-5(4)3-6;2*1-2/h4-6H,1-3H2;1-2H3;1-2H. The van der Waals surface area contributed by atoms with E-state index in [-0.39, 0.29) is 0 Å². The summed E-state index contributed by atoms with van der Waals surface area (Å²) in [5.41, 5.74) is 0. The Morgan fingerprint density at radius 3 is 2.00 bits per heavy atom. The monoisotopic (exact) mass is 312 g/mol. The Kier molecular flexibility index (Phi) is 8.32. The summed E-state index contributed by atoms with van der Waals surface area (Å²) in [4.78, 5) is 0. The molecule has 0 bridgehead atoms. The van der Waals surface area contributed by atoms with Gasteiger partial charge in [0.1, 0.15) is 0 Å². The van der Waals surface area contributed by atoms with Gasteiger partial charge in [-0.1, -0.05) is 13.8 Å². The maximum Gasteiger partial charge on any atom is 0.0737 e.